The minimum atomic E-state index is -0.141. The number of nitrogens with zero attached hydrogens (tertiary/aromatic N) is 1. The molecular formula is C23H28N2O2. The third-order valence-corrected chi connectivity index (χ3v) is 4.37. The number of hydrogen-bond acceptors (Lipinski definition) is 3. The summed E-state index contributed by atoms with van der Waals surface area (Å²) in [5.41, 5.74) is 7.20. The first kappa shape index (κ1) is 19.2. The zero-order valence-corrected chi connectivity index (χ0v) is 17.0. The topological polar surface area (TPSA) is 46.6 Å². The Bertz CT molecular complexity index is 907. The first-order valence-corrected chi connectivity index (χ1v) is 9.21. The molecule has 1 aliphatic heterocycles. The highest BCUT2D eigenvalue weighted by Crippen LogP contribution is 2.26. The number of aromatic nitrogens is 1. The molecule has 4 heteroatoms. The largest absolute Gasteiger partial charge is 0.494 e. The van der Waals surface area contributed by atoms with Crippen molar-refractivity contribution in [3.63, 3.8) is 0 Å². The van der Waals surface area contributed by atoms with Crippen molar-refractivity contribution < 1.29 is 9.47 Å². The van der Waals surface area contributed by atoms with Gasteiger partial charge in [-0.25, -0.2) is 4.99 Å². The average molecular weight is 364 g/mol. The van der Waals surface area contributed by atoms with Gasteiger partial charge < -0.3 is 14.5 Å². The summed E-state index contributed by atoms with van der Waals surface area (Å²) in [7, 11) is 1.68. The van der Waals surface area contributed by atoms with E-state index < -0.39 is 0 Å². The lowest BCUT2D eigenvalue weighted by Crippen LogP contribution is -2.18. The maximum absolute atomic E-state index is 5.84. The van der Waals surface area contributed by atoms with E-state index in [1.807, 2.05) is 12.2 Å². The summed E-state index contributed by atoms with van der Waals surface area (Å²) in [6.45, 7) is 10.9. The van der Waals surface area contributed by atoms with Crippen LogP contribution in [-0.2, 0) is 16.1 Å². The SMILES string of the molecule is COC1=CC(c2ccc(COC(C)(C)C)cc2)=NC1=Cc1[nH]c(C)cc1C. The van der Waals surface area contributed by atoms with E-state index in [0.717, 1.165) is 39.7 Å². The van der Waals surface area contributed by atoms with Gasteiger partial charge in [0.25, 0.3) is 0 Å². The van der Waals surface area contributed by atoms with Gasteiger partial charge in [-0.3, -0.25) is 0 Å². The number of allylic oxidation sites excluding steroid dienone is 1. The van der Waals surface area contributed by atoms with Crippen molar-refractivity contribution in [3.05, 3.63) is 75.9 Å². The van der Waals surface area contributed by atoms with Gasteiger partial charge in [0.1, 0.15) is 11.5 Å². The quantitative estimate of drug-likeness (QED) is 0.780. The normalized spacial score (nSPS) is 15.9. The van der Waals surface area contributed by atoms with Gasteiger partial charge in [0, 0.05) is 23.0 Å². The second-order valence-corrected chi connectivity index (χ2v) is 7.89. The molecule has 2 aromatic rings. The van der Waals surface area contributed by atoms with Crippen molar-refractivity contribution >= 4 is 11.8 Å². The molecule has 1 aliphatic rings. The maximum atomic E-state index is 5.84. The van der Waals surface area contributed by atoms with Gasteiger partial charge in [-0.2, -0.15) is 0 Å². The highest BCUT2D eigenvalue weighted by molar-refractivity contribution is 6.12. The predicted octanol–water partition coefficient (Wildman–Crippen LogP) is 5.32. The van der Waals surface area contributed by atoms with Crippen LogP contribution in [0.25, 0.3) is 6.08 Å². The van der Waals surface area contributed by atoms with Crippen molar-refractivity contribution in [1.82, 2.24) is 4.98 Å². The molecule has 0 amide bonds. The number of hydrogen-bond donors (Lipinski definition) is 1. The summed E-state index contributed by atoms with van der Waals surface area (Å²) in [5, 5.41) is 0. The molecule has 27 heavy (non-hydrogen) atoms. The Balaban J connectivity index is 1.82. The first-order chi connectivity index (χ1) is 12.7. The highest BCUT2D eigenvalue weighted by Gasteiger charge is 2.17. The summed E-state index contributed by atoms with van der Waals surface area (Å²) in [6.07, 6.45) is 4.02. The number of aliphatic imine (C=N–C) groups is 1. The van der Waals surface area contributed by atoms with E-state index in [1.165, 1.54) is 5.56 Å². The van der Waals surface area contributed by atoms with Crippen molar-refractivity contribution in [2.24, 2.45) is 4.99 Å². The van der Waals surface area contributed by atoms with E-state index >= 15 is 0 Å². The maximum Gasteiger partial charge on any atom is 0.146 e. The Morgan fingerprint density at radius 2 is 1.81 bits per heavy atom. The second-order valence-electron chi connectivity index (χ2n) is 7.89. The van der Waals surface area contributed by atoms with Crippen LogP contribution in [0.1, 0.15) is 48.8 Å². The number of ether oxygens (including phenoxy) is 2. The van der Waals surface area contributed by atoms with Gasteiger partial charge in [-0.05, 0) is 57.9 Å². The third-order valence-electron chi connectivity index (χ3n) is 4.37. The van der Waals surface area contributed by atoms with Gasteiger partial charge in [0.05, 0.1) is 25.0 Å². The molecule has 0 saturated heterocycles. The Morgan fingerprint density at radius 3 is 2.37 bits per heavy atom. The zero-order chi connectivity index (χ0) is 19.6. The number of aryl methyl sites for hydroxylation is 2. The third kappa shape index (κ3) is 4.77. The number of rotatable bonds is 5. The van der Waals surface area contributed by atoms with Crippen molar-refractivity contribution in [2.75, 3.05) is 7.11 Å². The van der Waals surface area contributed by atoms with Crippen LogP contribution < -0.4 is 0 Å². The molecule has 3 rings (SSSR count). The summed E-state index contributed by atoms with van der Waals surface area (Å²) >= 11 is 0. The van der Waals surface area contributed by atoms with Crippen LogP contribution in [0.15, 0.2) is 52.9 Å². The van der Waals surface area contributed by atoms with Crippen LogP contribution in [-0.4, -0.2) is 23.4 Å². The molecular weight excluding hydrogens is 336 g/mol. The molecule has 0 radical (unpaired) electrons. The van der Waals surface area contributed by atoms with Crippen LogP contribution in [0.2, 0.25) is 0 Å². The summed E-state index contributed by atoms with van der Waals surface area (Å²) in [5.74, 6) is 0.775. The highest BCUT2D eigenvalue weighted by atomic mass is 16.5. The fourth-order valence-corrected chi connectivity index (χ4v) is 2.94. The van der Waals surface area contributed by atoms with Crippen molar-refractivity contribution in [3.8, 4) is 0 Å². The summed E-state index contributed by atoms with van der Waals surface area (Å²) < 4.78 is 11.4. The molecule has 0 unspecified atom stereocenters. The van der Waals surface area contributed by atoms with Gasteiger partial charge in [-0.15, -0.1) is 0 Å². The predicted molar refractivity (Wildman–Crippen MR) is 111 cm³/mol. The van der Waals surface area contributed by atoms with Crippen LogP contribution in [0.4, 0.5) is 0 Å². The van der Waals surface area contributed by atoms with E-state index in [2.05, 4.69) is 69.9 Å². The van der Waals surface area contributed by atoms with E-state index in [9.17, 15) is 0 Å². The molecule has 0 bridgehead atoms. The van der Waals surface area contributed by atoms with Crippen molar-refractivity contribution in [2.45, 2.75) is 46.8 Å². The number of aromatic amines is 1. The molecule has 0 fully saturated rings. The van der Waals surface area contributed by atoms with Gasteiger partial charge in [0.2, 0.25) is 0 Å². The smallest absolute Gasteiger partial charge is 0.146 e. The van der Waals surface area contributed by atoms with Crippen LogP contribution in [0, 0.1) is 13.8 Å². The Kier molecular flexibility index (Phi) is 5.38. The summed E-state index contributed by atoms with van der Waals surface area (Å²) in [6, 6.07) is 10.5. The molecule has 1 aromatic heterocycles. The molecule has 0 saturated carbocycles. The first-order valence-electron chi connectivity index (χ1n) is 9.21. The molecule has 0 atom stereocenters. The molecule has 4 nitrogen and oxygen atoms in total. The van der Waals surface area contributed by atoms with E-state index in [-0.39, 0.29) is 5.60 Å². The molecule has 1 N–H and O–H groups in total. The average Bonchev–Trinajstić information content (AvgIpc) is 3.16. The van der Waals surface area contributed by atoms with Crippen LogP contribution in [0.3, 0.4) is 0 Å². The van der Waals surface area contributed by atoms with E-state index in [0.29, 0.717) is 6.61 Å². The van der Waals surface area contributed by atoms with Gasteiger partial charge >= 0.3 is 0 Å². The lowest BCUT2D eigenvalue weighted by molar-refractivity contribution is -0.0149. The lowest BCUT2D eigenvalue weighted by Gasteiger charge is -2.19. The minimum absolute atomic E-state index is 0.141. The monoisotopic (exact) mass is 364 g/mol. The molecule has 0 aliphatic carbocycles. The second kappa shape index (κ2) is 7.57. The molecule has 142 valence electrons. The molecule has 1 aromatic carbocycles. The Hall–Kier alpha value is -2.59. The fraction of sp³-hybridized carbons (Fsp3) is 0.348. The molecule has 2 heterocycles. The van der Waals surface area contributed by atoms with Crippen molar-refractivity contribution in [1.29, 1.82) is 0 Å². The van der Waals surface area contributed by atoms with Crippen LogP contribution >= 0.6 is 0 Å². The molecule has 0 spiro atoms. The number of methoxy groups -OCH3 is 1. The van der Waals surface area contributed by atoms with E-state index in [1.54, 1.807) is 7.11 Å². The Morgan fingerprint density at radius 1 is 1.11 bits per heavy atom. The minimum Gasteiger partial charge on any atom is -0.494 e. The van der Waals surface area contributed by atoms with Gasteiger partial charge in [0.15, 0.2) is 0 Å². The number of benzene rings is 1. The van der Waals surface area contributed by atoms with Gasteiger partial charge in [-0.1, -0.05) is 24.3 Å². The number of H-pyrrole nitrogens is 1. The lowest BCUT2D eigenvalue weighted by atomic mass is 10.1. The zero-order valence-electron chi connectivity index (χ0n) is 17.0. The fourth-order valence-electron chi connectivity index (χ4n) is 2.94. The van der Waals surface area contributed by atoms with Crippen LogP contribution in [0.5, 0.6) is 0 Å². The standard InChI is InChI=1S/C23H28N2O2/c1-15-11-16(2)24-19(15)12-21-22(26-6)13-20(25-21)18-9-7-17(8-10-18)14-27-23(3,4)5/h7-13,24H,14H2,1-6H3. The Labute approximate surface area is 161 Å². The van der Waals surface area contributed by atoms with E-state index in [4.69, 9.17) is 14.5 Å². The summed E-state index contributed by atoms with van der Waals surface area (Å²) in [4.78, 5) is 8.14. The number of nitrogens with one attached hydrogen (secondary N) is 1.